The third-order valence-corrected chi connectivity index (χ3v) is 4.96. The van der Waals surface area contributed by atoms with Gasteiger partial charge in [-0.1, -0.05) is 26.2 Å². The summed E-state index contributed by atoms with van der Waals surface area (Å²) in [4.78, 5) is 27.9. The smallest absolute Gasteiger partial charge is 0.320 e. The van der Waals surface area contributed by atoms with E-state index in [1.807, 2.05) is 11.9 Å². The number of hydrogen-bond donors (Lipinski definition) is 1. The highest BCUT2D eigenvalue weighted by molar-refractivity contribution is 5.77. The average Bonchev–Trinajstić information content (AvgIpc) is 3.28. The van der Waals surface area contributed by atoms with Crippen molar-refractivity contribution in [1.82, 2.24) is 9.80 Å². The van der Waals surface area contributed by atoms with Crippen molar-refractivity contribution in [2.24, 2.45) is 0 Å². The van der Waals surface area contributed by atoms with Crippen molar-refractivity contribution in [3.8, 4) is 0 Å². The molecule has 0 aromatic rings. The van der Waals surface area contributed by atoms with E-state index in [1.54, 1.807) is 4.90 Å². The minimum absolute atomic E-state index is 0.0301. The first kappa shape index (κ1) is 16.1. The molecular weight excluding hydrogens is 268 g/mol. The minimum Gasteiger partial charge on any atom is -0.481 e. The zero-order valence-corrected chi connectivity index (χ0v) is 13.3. The predicted molar refractivity (Wildman–Crippen MR) is 81.2 cm³/mol. The van der Waals surface area contributed by atoms with Crippen molar-refractivity contribution in [2.45, 2.75) is 76.3 Å². The van der Waals surface area contributed by atoms with Crippen molar-refractivity contribution < 1.29 is 14.7 Å². The highest BCUT2D eigenvalue weighted by atomic mass is 16.4. The van der Waals surface area contributed by atoms with Gasteiger partial charge in [0, 0.05) is 19.6 Å². The first-order chi connectivity index (χ1) is 10.00. The average molecular weight is 296 g/mol. The van der Waals surface area contributed by atoms with Crippen LogP contribution in [0.4, 0.5) is 4.79 Å². The predicted octanol–water partition coefficient (Wildman–Crippen LogP) is 3.09. The van der Waals surface area contributed by atoms with Gasteiger partial charge < -0.3 is 14.9 Å². The van der Waals surface area contributed by atoms with E-state index >= 15 is 0 Å². The Hall–Kier alpha value is -1.26. The maximum absolute atomic E-state index is 12.9. The Balaban J connectivity index is 2.13. The van der Waals surface area contributed by atoms with Gasteiger partial charge >= 0.3 is 12.0 Å². The number of aliphatic carboxylic acids is 1. The molecule has 0 bridgehead atoms. The molecule has 0 atom stereocenters. The topological polar surface area (TPSA) is 60.9 Å². The molecule has 0 aromatic carbocycles. The Labute approximate surface area is 127 Å². The molecule has 120 valence electrons. The molecule has 2 rings (SSSR count). The molecule has 2 saturated carbocycles. The molecule has 0 aromatic heterocycles. The monoisotopic (exact) mass is 296 g/mol. The Bertz CT molecular complexity index is 387. The number of hydrogen-bond acceptors (Lipinski definition) is 2. The third kappa shape index (κ3) is 3.69. The van der Waals surface area contributed by atoms with Crippen LogP contribution in [0.3, 0.4) is 0 Å². The Morgan fingerprint density at radius 2 is 1.81 bits per heavy atom. The van der Waals surface area contributed by atoms with E-state index in [-0.39, 0.29) is 12.5 Å². The van der Waals surface area contributed by atoms with Crippen LogP contribution in [0.25, 0.3) is 0 Å². The Kier molecular flexibility index (Phi) is 5.12. The standard InChI is InChI=1S/C16H28N2O3/c1-3-11-18(13-7-8-13)15(21)17(2)16(12-14(19)20)9-5-4-6-10-16/h13H,3-12H2,1-2H3,(H,19,20). The summed E-state index contributed by atoms with van der Waals surface area (Å²) in [5.74, 6) is -0.801. The maximum atomic E-state index is 12.9. The Morgan fingerprint density at radius 1 is 1.19 bits per heavy atom. The van der Waals surface area contributed by atoms with E-state index in [4.69, 9.17) is 0 Å². The fourth-order valence-corrected chi connectivity index (χ4v) is 3.58. The largest absolute Gasteiger partial charge is 0.481 e. The molecule has 2 aliphatic carbocycles. The second kappa shape index (κ2) is 6.67. The van der Waals surface area contributed by atoms with Crippen LogP contribution in [-0.2, 0) is 4.79 Å². The lowest BCUT2D eigenvalue weighted by Crippen LogP contribution is -2.56. The summed E-state index contributed by atoms with van der Waals surface area (Å²) in [6.45, 7) is 2.85. The van der Waals surface area contributed by atoms with Crippen LogP contribution in [0.1, 0.15) is 64.7 Å². The summed E-state index contributed by atoms with van der Waals surface area (Å²) in [5.41, 5.74) is -0.484. The van der Waals surface area contributed by atoms with Crippen molar-refractivity contribution in [2.75, 3.05) is 13.6 Å². The fourth-order valence-electron chi connectivity index (χ4n) is 3.58. The zero-order valence-electron chi connectivity index (χ0n) is 13.3. The van der Waals surface area contributed by atoms with Crippen LogP contribution in [0, 0.1) is 0 Å². The van der Waals surface area contributed by atoms with E-state index in [1.165, 1.54) is 0 Å². The molecule has 5 heteroatoms. The summed E-state index contributed by atoms with van der Waals surface area (Å²) in [7, 11) is 1.81. The third-order valence-electron chi connectivity index (χ3n) is 4.96. The molecule has 2 fully saturated rings. The first-order valence-corrected chi connectivity index (χ1v) is 8.26. The van der Waals surface area contributed by atoms with Gasteiger partial charge in [0.15, 0.2) is 0 Å². The number of carboxylic acids is 1. The molecule has 0 unspecified atom stereocenters. The number of carbonyl (C=O) groups excluding carboxylic acids is 1. The summed E-state index contributed by atoms with van der Waals surface area (Å²) >= 11 is 0. The van der Waals surface area contributed by atoms with Gasteiger partial charge in [-0.2, -0.15) is 0 Å². The fraction of sp³-hybridized carbons (Fsp3) is 0.875. The Morgan fingerprint density at radius 3 is 2.29 bits per heavy atom. The van der Waals surface area contributed by atoms with E-state index in [0.29, 0.717) is 6.04 Å². The van der Waals surface area contributed by atoms with Crippen molar-refractivity contribution in [3.05, 3.63) is 0 Å². The lowest BCUT2D eigenvalue weighted by atomic mass is 9.78. The van der Waals surface area contributed by atoms with Crippen molar-refractivity contribution >= 4 is 12.0 Å². The van der Waals surface area contributed by atoms with Crippen LogP contribution in [-0.4, -0.2) is 52.1 Å². The second-order valence-corrected chi connectivity index (χ2v) is 6.62. The quantitative estimate of drug-likeness (QED) is 0.819. The van der Waals surface area contributed by atoms with E-state index in [0.717, 1.165) is 57.9 Å². The number of urea groups is 1. The molecule has 0 heterocycles. The molecule has 5 nitrogen and oxygen atoms in total. The van der Waals surface area contributed by atoms with Crippen LogP contribution in [0.15, 0.2) is 0 Å². The van der Waals surface area contributed by atoms with Gasteiger partial charge in [-0.3, -0.25) is 4.79 Å². The van der Waals surface area contributed by atoms with Gasteiger partial charge in [-0.05, 0) is 32.1 Å². The normalized spacial score (nSPS) is 20.9. The molecule has 0 saturated heterocycles. The number of carboxylic acid groups (broad SMARTS) is 1. The van der Waals surface area contributed by atoms with Crippen molar-refractivity contribution in [3.63, 3.8) is 0 Å². The molecule has 0 radical (unpaired) electrons. The zero-order chi connectivity index (χ0) is 15.5. The summed E-state index contributed by atoms with van der Waals surface area (Å²) in [5, 5.41) is 9.27. The molecule has 21 heavy (non-hydrogen) atoms. The summed E-state index contributed by atoms with van der Waals surface area (Å²) < 4.78 is 0. The van der Waals surface area contributed by atoms with Gasteiger partial charge in [-0.25, -0.2) is 4.79 Å². The number of rotatable bonds is 6. The molecule has 2 aliphatic rings. The number of nitrogens with zero attached hydrogens (tertiary/aromatic N) is 2. The highest BCUT2D eigenvalue weighted by Gasteiger charge is 2.43. The van der Waals surface area contributed by atoms with Gasteiger partial charge in [0.05, 0.1) is 12.0 Å². The maximum Gasteiger partial charge on any atom is 0.320 e. The second-order valence-electron chi connectivity index (χ2n) is 6.62. The minimum atomic E-state index is -0.801. The molecule has 0 spiro atoms. The van der Waals surface area contributed by atoms with Crippen LogP contribution < -0.4 is 0 Å². The van der Waals surface area contributed by atoms with Crippen LogP contribution in [0.2, 0.25) is 0 Å². The molecular formula is C16H28N2O3. The van der Waals surface area contributed by atoms with E-state index in [2.05, 4.69) is 6.92 Å². The van der Waals surface area contributed by atoms with Crippen LogP contribution >= 0.6 is 0 Å². The molecule has 0 aliphatic heterocycles. The van der Waals surface area contributed by atoms with Crippen molar-refractivity contribution in [1.29, 1.82) is 0 Å². The molecule has 2 amide bonds. The van der Waals surface area contributed by atoms with E-state index < -0.39 is 11.5 Å². The summed E-state index contributed by atoms with van der Waals surface area (Å²) in [6.07, 6.45) is 7.99. The van der Waals surface area contributed by atoms with Crippen LogP contribution in [0.5, 0.6) is 0 Å². The van der Waals surface area contributed by atoms with Gasteiger partial charge in [-0.15, -0.1) is 0 Å². The van der Waals surface area contributed by atoms with Gasteiger partial charge in [0.1, 0.15) is 0 Å². The lowest BCUT2D eigenvalue weighted by Gasteiger charge is -2.45. The number of amides is 2. The lowest BCUT2D eigenvalue weighted by molar-refractivity contribution is -0.140. The SMILES string of the molecule is CCCN(C(=O)N(C)C1(CC(=O)O)CCCCC1)C1CC1. The first-order valence-electron chi connectivity index (χ1n) is 8.26. The van der Waals surface area contributed by atoms with Gasteiger partial charge in [0.2, 0.25) is 0 Å². The summed E-state index contributed by atoms with van der Waals surface area (Å²) in [6, 6.07) is 0.410. The number of carbonyl (C=O) groups is 2. The highest BCUT2D eigenvalue weighted by Crippen LogP contribution is 2.37. The van der Waals surface area contributed by atoms with Gasteiger partial charge in [0.25, 0.3) is 0 Å². The van der Waals surface area contributed by atoms with E-state index in [9.17, 15) is 14.7 Å². The molecule has 1 N–H and O–H groups in total.